The summed E-state index contributed by atoms with van der Waals surface area (Å²) in [5, 5.41) is 3.50. The molecule has 1 aromatic heterocycles. The molecule has 0 radical (unpaired) electrons. The minimum Gasteiger partial charge on any atom is -0.464 e. The van der Waals surface area contributed by atoms with Crippen LogP contribution in [0.2, 0.25) is 0 Å². The number of thioether (sulfide) groups is 1. The quantitative estimate of drug-likeness (QED) is 0.823. The average Bonchev–Trinajstić information content (AvgIpc) is 2.82. The number of rotatable bonds is 5. The molecule has 18 heavy (non-hydrogen) atoms. The standard InChI is InChI=1S/C15H19NOS/c1-4-16-15(13-10-9-11(2)17-13)12-7-5-6-8-14(12)18-3/h5-10,15-16H,4H2,1-3H3. The van der Waals surface area contributed by atoms with E-state index < -0.39 is 0 Å². The number of benzene rings is 1. The molecule has 0 spiro atoms. The minimum atomic E-state index is 0.132. The lowest BCUT2D eigenvalue weighted by molar-refractivity contribution is 0.432. The predicted molar refractivity (Wildman–Crippen MR) is 77.2 cm³/mol. The molecule has 2 rings (SSSR count). The molecule has 1 heterocycles. The van der Waals surface area contributed by atoms with Gasteiger partial charge in [0, 0.05) is 4.90 Å². The van der Waals surface area contributed by atoms with E-state index in [1.807, 2.05) is 13.0 Å². The average molecular weight is 261 g/mol. The number of hydrogen-bond acceptors (Lipinski definition) is 3. The predicted octanol–water partition coefficient (Wildman–Crippen LogP) is 4.01. The van der Waals surface area contributed by atoms with Gasteiger partial charge in [0.05, 0.1) is 6.04 Å². The molecule has 1 unspecified atom stereocenters. The van der Waals surface area contributed by atoms with Gasteiger partial charge in [0.15, 0.2) is 0 Å². The highest BCUT2D eigenvalue weighted by Gasteiger charge is 2.18. The van der Waals surface area contributed by atoms with E-state index in [0.717, 1.165) is 18.1 Å². The number of hydrogen-bond donors (Lipinski definition) is 1. The van der Waals surface area contributed by atoms with E-state index in [9.17, 15) is 0 Å². The summed E-state index contributed by atoms with van der Waals surface area (Å²) in [6.45, 7) is 5.00. The lowest BCUT2D eigenvalue weighted by Gasteiger charge is -2.18. The summed E-state index contributed by atoms with van der Waals surface area (Å²) in [4.78, 5) is 1.29. The van der Waals surface area contributed by atoms with Crippen LogP contribution in [0.15, 0.2) is 45.7 Å². The van der Waals surface area contributed by atoms with Crippen molar-refractivity contribution in [3.63, 3.8) is 0 Å². The lowest BCUT2D eigenvalue weighted by Crippen LogP contribution is -2.22. The van der Waals surface area contributed by atoms with Crippen molar-refractivity contribution in [2.45, 2.75) is 24.8 Å². The van der Waals surface area contributed by atoms with Gasteiger partial charge < -0.3 is 9.73 Å². The highest BCUT2D eigenvalue weighted by atomic mass is 32.2. The van der Waals surface area contributed by atoms with Gasteiger partial charge >= 0.3 is 0 Å². The summed E-state index contributed by atoms with van der Waals surface area (Å²) in [7, 11) is 0. The van der Waals surface area contributed by atoms with Crippen molar-refractivity contribution < 1.29 is 4.42 Å². The van der Waals surface area contributed by atoms with Crippen LogP contribution in [0.4, 0.5) is 0 Å². The van der Waals surface area contributed by atoms with Crippen LogP contribution >= 0.6 is 11.8 Å². The Morgan fingerprint density at radius 3 is 2.61 bits per heavy atom. The molecular weight excluding hydrogens is 242 g/mol. The largest absolute Gasteiger partial charge is 0.464 e. The zero-order valence-corrected chi connectivity index (χ0v) is 11.9. The SMILES string of the molecule is CCNC(c1ccc(C)o1)c1ccccc1SC. The molecule has 1 N–H and O–H groups in total. The van der Waals surface area contributed by atoms with Gasteiger partial charge in [0.1, 0.15) is 11.5 Å². The third-order valence-corrected chi connectivity index (χ3v) is 3.72. The monoisotopic (exact) mass is 261 g/mol. The van der Waals surface area contributed by atoms with Crippen molar-refractivity contribution in [3.05, 3.63) is 53.5 Å². The fourth-order valence-electron chi connectivity index (χ4n) is 2.08. The molecule has 2 nitrogen and oxygen atoms in total. The van der Waals surface area contributed by atoms with E-state index in [0.29, 0.717) is 0 Å². The van der Waals surface area contributed by atoms with Crippen LogP contribution in [0, 0.1) is 6.92 Å². The van der Waals surface area contributed by atoms with Gasteiger partial charge in [0.2, 0.25) is 0 Å². The molecule has 0 aliphatic rings. The van der Waals surface area contributed by atoms with Crippen molar-refractivity contribution in [2.75, 3.05) is 12.8 Å². The second-order valence-electron chi connectivity index (χ2n) is 4.18. The third kappa shape index (κ3) is 2.79. The fourth-order valence-corrected chi connectivity index (χ4v) is 2.72. The number of aryl methyl sites for hydroxylation is 1. The van der Waals surface area contributed by atoms with Crippen molar-refractivity contribution in [1.29, 1.82) is 0 Å². The topological polar surface area (TPSA) is 25.2 Å². The molecule has 0 saturated carbocycles. The van der Waals surface area contributed by atoms with Crippen LogP contribution < -0.4 is 5.32 Å². The first-order chi connectivity index (χ1) is 8.76. The molecule has 2 aromatic rings. The summed E-state index contributed by atoms with van der Waals surface area (Å²) in [6.07, 6.45) is 2.11. The van der Waals surface area contributed by atoms with Crippen LogP contribution in [0.3, 0.4) is 0 Å². The summed E-state index contributed by atoms with van der Waals surface area (Å²) in [5.74, 6) is 1.94. The maximum absolute atomic E-state index is 5.78. The zero-order chi connectivity index (χ0) is 13.0. The van der Waals surface area contributed by atoms with E-state index in [1.54, 1.807) is 11.8 Å². The van der Waals surface area contributed by atoms with E-state index in [4.69, 9.17) is 4.42 Å². The summed E-state index contributed by atoms with van der Waals surface area (Å²) in [5.41, 5.74) is 1.28. The molecule has 0 fully saturated rings. The van der Waals surface area contributed by atoms with Gasteiger partial charge in [0.25, 0.3) is 0 Å². The second-order valence-corrected chi connectivity index (χ2v) is 5.03. The molecular formula is C15H19NOS. The van der Waals surface area contributed by atoms with Crippen molar-refractivity contribution in [3.8, 4) is 0 Å². The van der Waals surface area contributed by atoms with Gasteiger partial charge in [-0.15, -0.1) is 11.8 Å². The Morgan fingerprint density at radius 2 is 2.00 bits per heavy atom. The molecule has 96 valence electrons. The van der Waals surface area contributed by atoms with Gasteiger partial charge in [-0.25, -0.2) is 0 Å². The Labute approximate surface area is 113 Å². The molecule has 0 aliphatic heterocycles. The van der Waals surface area contributed by atoms with E-state index in [-0.39, 0.29) is 6.04 Å². The highest BCUT2D eigenvalue weighted by Crippen LogP contribution is 2.30. The van der Waals surface area contributed by atoms with Gasteiger partial charge in [-0.1, -0.05) is 25.1 Å². The van der Waals surface area contributed by atoms with Crippen LogP contribution in [0.1, 0.15) is 30.0 Å². The maximum atomic E-state index is 5.78. The Hall–Kier alpha value is -1.19. The normalized spacial score (nSPS) is 12.6. The molecule has 0 saturated heterocycles. The van der Waals surface area contributed by atoms with Crippen LogP contribution in [0.25, 0.3) is 0 Å². The first kappa shape index (κ1) is 13.2. The Bertz CT molecular complexity index is 507. The molecule has 1 atom stereocenters. The summed E-state index contributed by atoms with van der Waals surface area (Å²) >= 11 is 1.77. The summed E-state index contributed by atoms with van der Waals surface area (Å²) < 4.78 is 5.78. The van der Waals surface area contributed by atoms with Gasteiger partial charge in [-0.2, -0.15) is 0 Å². The lowest BCUT2D eigenvalue weighted by atomic mass is 10.0. The van der Waals surface area contributed by atoms with E-state index in [1.165, 1.54) is 10.5 Å². The highest BCUT2D eigenvalue weighted by molar-refractivity contribution is 7.98. The maximum Gasteiger partial charge on any atom is 0.125 e. The first-order valence-electron chi connectivity index (χ1n) is 6.19. The van der Waals surface area contributed by atoms with Crippen molar-refractivity contribution in [2.24, 2.45) is 0 Å². The minimum absolute atomic E-state index is 0.132. The Kier molecular flexibility index (Phi) is 4.50. The Morgan fingerprint density at radius 1 is 1.22 bits per heavy atom. The Balaban J connectivity index is 2.41. The van der Waals surface area contributed by atoms with Crippen LogP contribution in [0.5, 0.6) is 0 Å². The summed E-state index contributed by atoms with van der Waals surface area (Å²) in [6, 6.07) is 12.7. The van der Waals surface area contributed by atoms with Gasteiger partial charge in [-0.3, -0.25) is 0 Å². The molecule has 3 heteroatoms. The number of nitrogens with one attached hydrogen (secondary N) is 1. The molecule has 0 bridgehead atoms. The second kappa shape index (κ2) is 6.12. The fraction of sp³-hybridized carbons (Fsp3) is 0.333. The molecule has 1 aromatic carbocycles. The molecule has 0 aliphatic carbocycles. The molecule has 0 amide bonds. The van der Waals surface area contributed by atoms with E-state index in [2.05, 4.69) is 48.8 Å². The van der Waals surface area contributed by atoms with Crippen LogP contribution in [-0.2, 0) is 0 Å². The smallest absolute Gasteiger partial charge is 0.125 e. The van der Waals surface area contributed by atoms with E-state index >= 15 is 0 Å². The first-order valence-corrected chi connectivity index (χ1v) is 7.41. The number of furan rings is 1. The third-order valence-electron chi connectivity index (χ3n) is 2.90. The van der Waals surface area contributed by atoms with Crippen molar-refractivity contribution in [1.82, 2.24) is 5.32 Å². The van der Waals surface area contributed by atoms with Crippen molar-refractivity contribution >= 4 is 11.8 Å². The zero-order valence-electron chi connectivity index (χ0n) is 11.1. The van der Waals surface area contributed by atoms with Crippen LogP contribution in [-0.4, -0.2) is 12.8 Å². The van der Waals surface area contributed by atoms with Gasteiger partial charge in [-0.05, 0) is 43.5 Å².